The Labute approximate surface area is 158 Å². The number of nitrogens with zero attached hydrogens (tertiary/aromatic N) is 1. The number of rotatable bonds is 9. The third-order valence-corrected chi connectivity index (χ3v) is 7.33. The zero-order valence-corrected chi connectivity index (χ0v) is 16.7. The number of fused-ring (bicyclic) bond motifs is 1. The number of ether oxygens (including phenoxy) is 1. The Morgan fingerprint density at radius 3 is 3.04 bits per heavy atom. The molecule has 0 spiro atoms. The predicted molar refractivity (Wildman–Crippen MR) is 105 cm³/mol. The zero-order chi connectivity index (χ0) is 18.2. The molecule has 1 saturated heterocycles. The Bertz CT molecular complexity index is 572. The molecule has 1 aliphatic heterocycles. The lowest BCUT2D eigenvalue weighted by Gasteiger charge is -2.42. The molecule has 3 aliphatic carbocycles. The van der Waals surface area contributed by atoms with Crippen LogP contribution in [-0.2, 0) is 4.74 Å². The summed E-state index contributed by atoms with van der Waals surface area (Å²) in [4.78, 5) is 0. The highest BCUT2D eigenvalue weighted by atomic mass is 16.5. The molecule has 0 aromatic carbocycles. The second kappa shape index (κ2) is 7.27. The van der Waals surface area contributed by atoms with E-state index in [9.17, 15) is 0 Å². The molecule has 26 heavy (non-hydrogen) atoms. The first kappa shape index (κ1) is 18.5. The molecule has 0 aromatic heterocycles. The van der Waals surface area contributed by atoms with Crippen LogP contribution in [0, 0.1) is 16.7 Å². The van der Waals surface area contributed by atoms with E-state index >= 15 is 0 Å². The van der Waals surface area contributed by atoms with Crippen molar-refractivity contribution in [3.63, 3.8) is 0 Å². The maximum Gasteiger partial charge on any atom is 0.124 e. The van der Waals surface area contributed by atoms with Crippen LogP contribution in [0.25, 0.3) is 0 Å². The summed E-state index contributed by atoms with van der Waals surface area (Å²) < 4.78 is 5.38. The van der Waals surface area contributed by atoms with Gasteiger partial charge in [0.15, 0.2) is 0 Å². The van der Waals surface area contributed by atoms with Crippen LogP contribution in [0.3, 0.4) is 0 Å². The number of allylic oxidation sites excluding steroid dienone is 3. The van der Waals surface area contributed by atoms with E-state index in [0.717, 1.165) is 25.2 Å². The molecule has 0 amide bonds. The number of nitrogens with one attached hydrogen (secondary N) is 3. The normalized spacial score (nSPS) is 42.0. The van der Waals surface area contributed by atoms with Gasteiger partial charge in [-0.15, -0.1) is 0 Å². The van der Waals surface area contributed by atoms with Crippen molar-refractivity contribution in [2.45, 2.75) is 64.6 Å². The summed E-state index contributed by atoms with van der Waals surface area (Å²) in [6.07, 6.45) is 15.1. The number of hydrogen-bond acceptors (Lipinski definition) is 5. The van der Waals surface area contributed by atoms with Crippen LogP contribution in [0.5, 0.6) is 0 Å². The first-order valence-corrected chi connectivity index (χ1v) is 10.5. The first-order chi connectivity index (χ1) is 12.5. The van der Waals surface area contributed by atoms with Crippen molar-refractivity contribution in [2.24, 2.45) is 16.7 Å². The van der Waals surface area contributed by atoms with Crippen molar-refractivity contribution < 1.29 is 4.74 Å². The molecule has 0 bridgehead atoms. The fourth-order valence-electron chi connectivity index (χ4n) is 5.45. The van der Waals surface area contributed by atoms with Crippen LogP contribution in [0.15, 0.2) is 23.9 Å². The van der Waals surface area contributed by atoms with Crippen molar-refractivity contribution in [3.8, 4) is 0 Å². The Kier molecular flexibility index (Phi) is 5.17. The lowest BCUT2D eigenvalue weighted by atomic mass is 9.64. The van der Waals surface area contributed by atoms with E-state index in [1.165, 1.54) is 50.8 Å². The van der Waals surface area contributed by atoms with Gasteiger partial charge in [-0.3, -0.25) is 0 Å². The number of hydrazine groups is 1. The van der Waals surface area contributed by atoms with Crippen LogP contribution >= 0.6 is 0 Å². The van der Waals surface area contributed by atoms with E-state index in [2.05, 4.69) is 53.1 Å². The quantitative estimate of drug-likeness (QED) is 0.335. The van der Waals surface area contributed by atoms with Crippen LogP contribution in [0.2, 0.25) is 0 Å². The van der Waals surface area contributed by atoms with Gasteiger partial charge in [0.2, 0.25) is 0 Å². The Hall–Kier alpha value is -0.880. The summed E-state index contributed by atoms with van der Waals surface area (Å²) in [5, 5.41) is 9.58. The van der Waals surface area contributed by atoms with Crippen LogP contribution < -0.4 is 16.1 Å². The molecule has 2 saturated carbocycles. The van der Waals surface area contributed by atoms with Gasteiger partial charge in [-0.2, -0.15) is 0 Å². The highest BCUT2D eigenvalue weighted by Gasteiger charge is 2.64. The van der Waals surface area contributed by atoms with E-state index in [0.29, 0.717) is 5.41 Å². The second-order valence-corrected chi connectivity index (χ2v) is 9.06. The lowest BCUT2D eigenvalue weighted by Crippen LogP contribution is -2.40. The van der Waals surface area contributed by atoms with Gasteiger partial charge in [0, 0.05) is 25.4 Å². The first-order valence-electron chi connectivity index (χ1n) is 10.5. The van der Waals surface area contributed by atoms with E-state index in [1.807, 2.05) is 0 Å². The standard InChI is InChI=1S/C21H36N4O/c1-16(26-3)24-19-6-4-8-20(2,14-19)21-9-7-18(12-17(21)13-21)22-10-5-11-25-15-23-25/h4,6,14,16-18,22-24H,5,7-13,15H2,1-3H3. The van der Waals surface area contributed by atoms with Crippen molar-refractivity contribution in [3.05, 3.63) is 23.9 Å². The molecule has 0 radical (unpaired) electrons. The summed E-state index contributed by atoms with van der Waals surface area (Å²) in [6, 6.07) is 0.732. The molecular formula is C21H36N4O. The van der Waals surface area contributed by atoms with Gasteiger partial charge in [0.25, 0.3) is 0 Å². The van der Waals surface area contributed by atoms with Crippen molar-refractivity contribution in [1.82, 2.24) is 21.1 Å². The SMILES string of the molecule is COC(C)NC1=CC(C)(C23CCC(NCCCN4CN4)CC2C3)CC=C1. The summed E-state index contributed by atoms with van der Waals surface area (Å²) in [6.45, 7) is 7.96. The third-order valence-electron chi connectivity index (χ3n) is 7.33. The highest BCUT2D eigenvalue weighted by molar-refractivity contribution is 5.31. The van der Waals surface area contributed by atoms with E-state index in [-0.39, 0.29) is 11.6 Å². The molecule has 1 heterocycles. The fourth-order valence-corrected chi connectivity index (χ4v) is 5.45. The van der Waals surface area contributed by atoms with Crippen LogP contribution in [0.4, 0.5) is 0 Å². The number of hydrogen-bond donors (Lipinski definition) is 3. The summed E-state index contributed by atoms with van der Waals surface area (Å²) in [7, 11) is 1.76. The van der Waals surface area contributed by atoms with Gasteiger partial charge in [0.05, 0.1) is 6.67 Å². The highest BCUT2D eigenvalue weighted by Crippen LogP contribution is 2.71. The van der Waals surface area contributed by atoms with Crippen molar-refractivity contribution >= 4 is 0 Å². The minimum absolute atomic E-state index is 0.0582. The van der Waals surface area contributed by atoms with E-state index in [1.54, 1.807) is 7.11 Å². The Balaban J connectivity index is 1.30. The molecule has 4 aliphatic rings. The van der Waals surface area contributed by atoms with Gasteiger partial charge in [-0.1, -0.05) is 19.1 Å². The van der Waals surface area contributed by atoms with E-state index in [4.69, 9.17) is 4.74 Å². The topological polar surface area (TPSA) is 58.2 Å². The molecule has 4 rings (SSSR count). The van der Waals surface area contributed by atoms with Crippen molar-refractivity contribution in [1.29, 1.82) is 0 Å². The minimum atomic E-state index is 0.0582. The fraction of sp³-hybridized carbons (Fsp3) is 0.810. The molecule has 0 aromatic rings. The second-order valence-electron chi connectivity index (χ2n) is 9.06. The lowest BCUT2D eigenvalue weighted by molar-refractivity contribution is 0.0970. The van der Waals surface area contributed by atoms with Gasteiger partial charge in [-0.25, -0.2) is 10.4 Å². The summed E-state index contributed by atoms with van der Waals surface area (Å²) in [5.41, 5.74) is 5.29. The molecule has 5 heteroatoms. The minimum Gasteiger partial charge on any atom is -0.362 e. The van der Waals surface area contributed by atoms with Gasteiger partial charge in [-0.05, 0) is 74.8 Å². The third kappa shape index (κ3) is 3.72. The van der Waals surface area contributed by atoms with Gasteiger partial charge >= 0.3 is 0 Å². The Morgan fingerprint density at radius 2 is 2.31 bits per heavy atom. The van der Waals surface area contributed by atoms with Crippen molar-refractivity contribution in [2.75, 3.05) is 26.9 Å². The monoisotopic (exact) mass is 360 g/mol. The zero-order valence-electron chi connectivity index (χ0n) is 16.7. The smallest absolute Gasteiger partial charge is 0.124 e. The molecule has 6 unspecified atom stereocenters. The summed E-state index contributed by atoms with van der Waals surface area (Å²) >= 11 is 0. The average Bonchev–Trinajstić information content (AvgIpc) is 3.52. The maximum absolute atomic E-state index is 5.38. The molecular weight excluding hydrogens is 324 g/mol. The summed E-state index contributed by atoms with van der Waals surface area (Å²) in [5.74, 6) is 0.899. The predicted octanol–water partition coefficient (Wildman–Crippen LogP) is 2.73. The maximum atomic E-state index is 5.38. The number of methoxy groups -OCH3 is 1. The van der Waals surface area contributed by atoms with E-state index < -0.39 is 0 Å². The molecule has 3 fully saturated rings. The average molecular weight is 361 g/mol. The van der Waals surface area contributed by atoms with Crippen LogP contribution in [-0.4, -0.2) is 44.1 Å². The molecule has 3 N–H and O–H groups in total. The molecule has 5 nitrogen and oxygen atoms in total. The van der Waals surface area contributed by atoms with Crippen LogP contribution in [0.1, 0.15) is 52.4 Å². The molecule has 6 atom stereocenters. The largest absolute Gasteiger partial charge is 0.362 e. The van der Waals surface area contributed by atoms with Gasteiger partial charge in [0.1, 0.15) is 6.23 Å². The molecule has 146 valence electrons. The van der Waals surface area contributed by atoms with Gasteiger partial charge < -0.3 is 15.4 Å². The Morgan fingerprint density at radius 1 is 1.46 bits per heavy atom.